The van der Waals surface area contributed by atoms with Crippen molar-refractivity contribution >= 4 is 17.7 Å². The van der Waals surface area contributed by atoms with Gasteiger partial charge in [0.1, 0.15) is 6.04 Å². The zero-order chi connectivity index (χ0) is 17.8. The third-order valence-corrected chi connectivity index (χ3v) is 6.64. The molecule has 3 atom stereocenters. The van der Waals surface area contributed by atoms with Gasteiger partial charge in [0, 0.05) is 5.25 Å². The summed E-state index contributed by atoms with van der Waals surface area (Å²) in [7, 11) is 1.89. The Bertz CT molecular complexity index is 719. The fraction of sp³-hybridized carbons (Fsp3) is 0.381. The lowest BCUT2D eigenvalue weighted by Gasteiger charge is -2.21. The van der Waals surface area contributed by atoms with Crippen molar-refractivity contribution in [3.8, 4) is 0 Å². The summed E-state index contributed by atoms with van der Waals surface area (Å²) in [6, 6.07) is 19.0. The molecule has 1 heterocycles. The van der Waals surface area contributed by atoms with Crippen LogP contribution in [0.15, 0.2) is 54.6 Å². The van der Waals surface area contributed by atoms with Gasteiger partial charge in [-0.25, -0.2) is 0 Å². The summed E-state index contributed by atoms with van der Waals surface area (Å²) in [6.45, 7) is 2.55. The standard InChI is InChI=1S/C21H25NO2S/c1-15(21(23)24)22(2)14-8-13-19-17-11-6-7-12-18(17)20(25-19)16-9-4-3-5-10-16/h3-7,9-12,15,19-20H,8,13-14H2,1-2H3,(H,23,24)/t15-,19?,20?/m0/s1. The predicted octanol–water partition coefficient (Wildman–Crippen LogP) is 4.75. The summed E-state index contributed by atoms with van der Waals surface area (Å²) in [5.41, 5.74) is 4.23. The van der Waals surface area contributed by atoms with Gasteiger partial charge in [0.15, 0.2) is 0 Å². The third kappa shape index (κ3) is 4.07. The second kappa shape index (κ2) is 8.07. The van der Waals surface area contributed by atoms with Crippen LogP contribution < -0.4 is 0 Å². The smallest absolute Gasteiger partial charge is 0.320 e. The number of rotatable bonds is 7. The Morgan fingerprint density at radius 1 is 1.12 bits per heavy atom. The molecule has 0 radical (unpaired) electrons. The number of carbonyl (C=O) groups is 1. The number of likely N-dealkylation sites (N-methyl/N-ethyl adjacent to an activating group) is 1. The molecule has 3 rings (SSSR count). The van der Waals surface area contributed by atoms with Crippen molar-refractivity contribution in [2.75, 3.05) is 13.6 Å². The van der Waals surface area contributed by atoms with Crippen LogP contribution in [-0.2, 0) is 4.79 Å². The van der Waals surface area contributed by atoms with Crippen LogP contribution in [0.1, 0.15) is 47.0 Å². The number of benzene rings is 2. The molecule has 1 N–H and O–H groups in total. The number of aliphatic carboxylic acids is 1. The van der Waals surface area contributed by atoms with Gasteiger partial charge >= 0.3 is 5.97 Å². The van der Waals surface area contributed by atoms with Gasteiger partial charge in [0.25, 0.3) is 0 Å². The van der Waals surface area contributed by atoms with E-state index < -0.39 is 12.0 Å². The van der Waals surface area contributed by atoms with E-state index in [-0.39, 0.29) is 0 Å². The third-order valence-electron chi connectivity index (χ3n) is 5.02. The quantitative estimate of drug-likeness (QED) is 0.778. The van der Waals surface area contributed by atoms with Gasteiger partial charge in [-0.15, -0.1) is 11.8 Å². The van der Waals surface area contributed by atoms with Gasteiger partial charge in [-0.2, -0.15) is 0 Å². The Hall–Kier alpha value is -1.78. The molecular weight excluding hydrogens is 330 g/mol. The molecule has 3 nitrogen and oxygen atoms in total. The monoisotopic (exact) mass is 355 g/mol. The van der Waals surface area contributed by atoms with E-state index in [4.69, 9.17) is 5.11 Å². The fourth-order valence-corrected chi connectivity index (χ4v) is 5.04. The van der Waals surface area contributed by atoms with Crippen molar-refractivity contribution in [1.29, 1.82) is 0 Å². The lowest BCUT2D eigenvalue weighted by Crippen LogP contribution is -2.36. The first kappa shape index (κ1) is 18.0. The molecule has 0 fully saturated rings. The van der Waals surface area contributed by atoms with Crippen molar-refractivity contribution in [1.82, 2.24) is 4.90 Å². The van der Waals surface area contributed by atoms with E-state index in [1.165, 1.54) is 16.7 Å². The molecule has 0 amide bonds. The second-order valence-electron chi connectivity index (χ2n) is 6.68. The highest BCUT2D eigenvalue weighted by Gasteiger charge is 2.31. The molecule has 4 heteroatoms. The van der Waals surface area contributed by atoms with Gasteiger partial charge in [0.2, 0.25) is 0 Å². The molecule has 2 unspecified atom stereocenters. The van der Waals surface area contributed by atoms with Gasteiger partial charge in [-0.05, 0) is 50.0 Å². The Morgan fingerprint density at radius 2 is 1.76 bits per heavy atom. The van der Waals surface area contributed by atoms with Gasteiger partial charge in [-0.3, -0.25) is 9.69 Å². The summed E-state index contributed by atoms with van der Waals surface area (Å²) in [5, 5.41) is 9.99. The first-order chi connectivity index (χ1) is 12.1. The summed E-state index contributed by atoms with van der Waals surface area (Å²) in [6.07, 6.45) is 2.07. The fourth-order valence-electron chi connectivity index (χ4n) is 3.37. The maximum absolute atomic E-state index is 11.1. The molecule has 0 spiro atoms. The molecule has 0 aromatic heterocycles. The highest BCUT2D eigenvalue weighted by Crippen LogP contribution is 2.55. The molecule has 2 aromatic carbocycles. The molecular formula is C21H25NO2S. The highest BCUT2D eigenvalue weighted by molar-refractivity contribution is 8.00. The second-order valence-corrected chi connectivity index (χ2v) is 7.99. The summed E-state index contributed by atoms with van der Waals surface area (Å²) in [5.74, 6) is -0.757. The van der Waals surface area contributed by atoms with Crippen molar-refractivity contribution in [2.45, 2.75) is 36.3 Å². The number of hydrogen-bond donors (Lipinski definition) is 1. The Labute approximate surface area is 154 Å². The van der Waals surface area contributed by atoms with E-state index >= 15 is 0 Å². The van der Waals surface area contributed by atoms with E-state index in [9.17, 15) is 4.79 Å². The van der Waals surface area contributed by atoms with Gasteiger partial charge < -0.3 is 5.11 Å². The molecule has 25 heavy (non-hydrogen) atoms. The average molecular weight is 356 g/mol. The molecule has 0 saturated carbocycles. The van der Waals surface area contributed by atoms with E-state index in [0.29, 0.717) is 10.5 Å². The van der Waals surface area contributed by atoms with E-state index in [1.54, 1.807) is 6.92 Å². The lowest BCUT2D eigenvalue weighted by molar-refractivity contribution is -0.142. The number of thioether (sulfide) groups is 1. The molecule has 0 saturated heterocycles. The van der Waals surface area contributed by atoms with Crippen LogP contribution in [0.2, 0.25) is 0 Å². The number of carboxylic acids is 1. The average Bonchev–Trinajstić information content (AvgIpc) is 3.00. The maximum atomic E-state index is 11.1. The predicted molar refractivity (Wildman–Crippen MR) is 104 cm³/mol. The zero-order valence-corrected chi connectivity index (χ0v) is 15.6. The van der Waals surface area contributed by atoms with Crippen LogP contribution >= 0.6 is 11.8 Å². The number of nitrogens with zero attached hydrogens (tertiary/aromatic N) is 1. The van der Waals surface area contributed by atoms with Gasteiger partial charge in [-0.1, -0.05) is 54.6 Å². The van der Waals surface area contributed by atoms with Crippen molar-refractivity contribution < 1.29 is 9.90 Å². The number of carboxylic acid groups (broad SMARTS) is 1. The summed E-state index contributed by atoms with van der Waals surface area (Å²) < 4.78 is 0. The summed E-state index contributed by atoms with van der Waals surface area (Å²) in [4.78, 5) is 13.0. The molecule has 1 aliphatic heterocycles. The van der Waals surface area contributed by atoms with E-state index in [1.807, 2.05) is 23.7 Å². The van der Waals surface area contributed by atoms with Crippen LogP contribution in [0.5, 0.6) is 0 Å². The zero-order valence-electron chi connectivity index (χ0n) is 14.8. The molecule has 0 aliphatic carbocycles. The first-order valence-corrected chi connectivity index (χ1v) is 9.74. The van der Waals surface area contributed by atoms with Crippen LogP contribution in [-0.4, -0.2) is 35.6 Å². The maximum Gasteiger partial charge on any atom is 0.320 e. The lowest BCUT2D eigenvalue weighted by atomic mass is 9.96. The number of hydrogen-bond acceptors (Lipinski definition) is 3. The Morgan fingerprint density at radius 3 is 2.44 bits per heavy atom. The van der Waals surface area contributed by atoms with E-state index in [0.717, 1.165) is 19.4 Å². The number of fused-ring (bicyclic) bond motifs is 1. The van der Waals surface area contributed by atoms with Crippen LogP contribution in [0, 0.1) is 0 Å². The SMILES string of the molecule is C[C@@H](C(=O)O)N(C)CCCC1SC(c2ccccc2)c2ccccc21. The van der Waals surface area contributed by atoms with Crippen molar-refractivity contribution in [3.05, 3.63) is 71.3 Å². The Balaban J connectivity index is 1.66. The largest absolute Gasteiger partial charge is 0.480 e. The molecule has 2 aromatic rings. The van der Waals surface area contributed by atoms with Crippen LogP contribution in [0.4, 0.5) is 0 Å². The Kier molecular flexibility index (Phi) is 5.82. The van der Waals surface area contributed by atoms with Crippen molar-refractivity contribution in [3.63, 3.8) is 0 Å². The highest BCUT2D eigenvalue weighted by atomic mass is 32.2. The molecule has 132 valence electrons. The molecule has 1 aliphatic rings. The van der Waals surface area contributed by atoms with Gasteiger partial charge in [0.05, 0.1) is 5.25 Å². The normalized spacial score (nSPS) is 20.4. The molecule has 0 bridgehead atoms. The minimum atomic E-state index is -0.757. The topological polar surface area (TPSA) is 40.5 Å². The van der Waals surface area contributed by atoms with E-state index in [2.05, 4.69) is 54.6 Å². The minimum Gasteiger partial charge on any atom is -0.480 e. The van der Waals surface area contributed by atoms with Crippen molar-refractivity contribution in [2.24, 2.45) is 0 Å². The first-order valence-electron chi connectivity index (χ1n) is 8.80. The summed E-state index contributed by atoms with van der Waals surface area (Å²) >= 11 is 2.02. The van der Waals surface area contributed by atoms with Crippen LogP contribution in [0.25, 0.3) is 0 Å². The van der Waals surface area contributed by atoms with Crippen LogP contribution in [0.3, 0.4) is 0 Å². The minimum absolute atomic E-state index is 0.401.